The highest BCUT2D eigenvalue weighted by Gasteiger charge is 2.53. The highest BCUT2D eigenvalue weighted by Crippen LogP contribution is 2.53. The van der Waals surface area contributed by atoms with Crippen molar-refractivity contribution in [3.05, 3.63) is 42.1 Å². The van der Waals surface area contributed by atoms with Gasteiger partial charge in [-0.05, 0) is 10.6 Å². The molecule has 2 unspecified atom stereocenters. The number of nitrogens with two attached hydrogens (primary N) is 3. The van der Waals surface area contributed by atoms with Gasteiger partial charge in [0.1, 0.15) is 85.0 Å². The van der Waals surface area contributed by atoms with Crippen molar-refractivity contribution in [3.63, 3.8) is 0 Å². The molecule has 0 spiro atoms. The van der Waals surface area contributed by atoms with Gasteiger partial charge in [0.2, 0.25) is 5.95 Å². The molecule has 376 valence electrons. The third-order valence-corrected chi connectivity index (χ3v) is 13.3. The van der Waals surface area contributed by atoms with Crippen LogP contribution in [0, 0.1) is 0 Å². The number of aromatic nitrogens is 12. The molecule has 0 saturated carbocycles. The standard InChI is InChI=1S/C30H37N18O19P3/c31-21-12-24(38-4-35-21)46(7-41-12)28-19(16(50)10(64-28)1-60-68(53,54)55)66-70(58,59)62-3-11-17(51)20(29(65-11)47-8-42-13-22(32)36-5-39-25(13)47)67-69(56,57)61-2-9-15(49)18(52)27(63-9)48-26-14(23(33)37-6-40-26)43-30(48)44-45-34/h4-11,15-20,27-29,49-52H,1-3H2,(H,56,57)(H,58,59)(H2,31,35,38)(H2,32,36,39)(H2,33,37,40)(H2,53,54,55)/t9-,10-,11-,15-,16-,17-,18-,19-,20-,27-,28-,29-/m1/s1. The molecule has 0 radical (unpaired) electrons. The van der Waals surface area contributed by atoms with Gasteiger partial charge in [-0.2, -0.15) is 0 Å². The second-order valence-electron chi connectivity index (χ2n) is 15.2. The Morgan fingerprint density at radius 1 is 0.600 bits per heavy atom. The Balaban J connectivity index is 0.926. The summed E-state index contributed by atoms with van der Waals surface area (Å²) < 4.78 is 85.2. The van der Waals surface area contributed by atoms with Crippen molar-refractivity contribution in [2.24, 2.45) is 5.11 Å². The molecular weight excluding hydrogens is 1010 g/mol. The van der Waals surface area contributed by atoms with Gasteiger partial charge in [-0.25, -0.2) is 58.6 Å². The van der Waals surface area contributed by atoms with Crippen molar-refractivity contribution in [2.75, 3.05) is 37.0 Å². The average Bonchev–Trinajstić information content (AvgIpc) is 4.16. The molecule has 14 atom stereocenters. The van der Waals surface area contributed by atoms with Crippen molar-refractivity contribution in [1.29, 1.82) is 0 Å². The van der Waals surface area contributed by atoms with Gasteiger partial charge in [0.15, 0.2) is 58.6 Å². The molecule has 9 heterocycles. The maximum absolute atomic E-state index is 13.7. The molecular formula is C30H37N18O19P3. The van der Waals surface area contributed by atoms with E-state index in [0.29, 0.717) is 0 Å². The number of anilines is 3. The predicted molar refractivity (Wildman–Crippen MR) is 223 cm³/mol. The third kappa shape index (κ3) is 9.50. The minimum Gasteiger partial charge on any atom is -0.387 e. The third-order valence-electron chi connectivity index (χ3n) is 10.9. The van der Waals surface area contributed by atoms with Crippen molar-refractivity contribution in [1.82, 2.24) is 58.6 Å². The molecule has 0 aliphatic carbocycles. The zero-order valence-corrected chi connectivity index (χ0v) is 37.5. The molecule has 3 fully saturated rings. The first-order valence-electron chi connectivity index (χ1n) is 19.7. The Kier molecular flexibility index (Phi) is 13.3. The van der Waals surface area contributed by atoms with E-state index < -0.39 is 123 Å². The van der Waals surface area contributed by atoms with E-state index in [4.69, 9.17) is 55.0 Å². The van der Waals surface area contributed by atoms with E-state index in [1.807, 2.05) is 0 Å². The fraction of sp³-hybridized carbons (Fsp3) is 0.500. The second-order valence-corrected chi connectivity index (χ2v) is 19.2. The first kappa shape index (κ1) is 49.4. The summed E-state index contributed by atoms with van der Waals surface area (Å²) in [6, 6.07) is 0. The van der Waals surface area contributed by atoms with Crippen molar-refractivity contribution in [3.8, 4) is 0 Å². The maximum Gasteiger partial charge on any atom is 0.472 e. The summed E-state index contributed by atoms with van der Waals surface area (Å²) in [5.74, 6) is -0.728. The molecule has 0 amide bonds. The number of fused-ring (bicyclic) bond motifs is 3. The van der Waals surface area contributed by atoms with Crippen molar-refractivity contribution in [2.45, 2.75) is 73.6 Å². The minimum atomic E-state index is -5.46. The normalized spacial score (nSPS) is 30.0. The summed E-state index contributed by atoms with van der Waals surface area (Å²) in [5.41, 5.74) is 26.7. The first-order chi connectivity index (χ1) is 33.1. The van der Waals surface area contributed by atoms with Gasteiger partial charge in [-0.1, -0.05) is 0 Å². The molecule has 3 aliphatic rings. The van der Waals surface area contributed by atoms with Crippen LogP contribution in [-0.4, -0.2) is 173 Å². The summed E-state index contributed by atoms with van der Waals surface area (Å²) in [6.45, 7) is -3.00. The number of phosphoric acid groups is 3. The second kappa shape index (κ2) is 18.9. The van der Waals surface area contributed by atoms with E-state index in [-0.39, 0.29) is 50.9 Å². The molecule has 70 heavy (non-hydrogen) atoms. The predicted octanol–water partition coefficient (Wildman–Crippen LogP) is -2.56. The van der Waals surface area contributed by atoms with Gasteiger partial charge in [-0.15, -0.1) is 0 Å². The van der Waals surface area contributed by atoms with Crippen LogP contribution in [0.1, 0.15) is 18.7 Å². The van der Waals surface area contributed by atoms with Crippen LogP contribution in [0.5, 0.6) is 0 Å². The van der Waals surface area contributed by atoms with Crippen LogP contribution >= 0.6 is 23.5 Å². The van der Waals surface area contributed by atoms with Gasteiger partial charge in [0, 0.05) is 4.91 Å². The molecule has 6 aromatic rings. The van der Waals surface area contributed by atoms with Crippen molar-refractivity contribution < 1.29 is 90.5 Å². The topological polar surface area (TPSA) is 545 Å². The smallest absolute Gasteiger partial charge is 0.387 e. The van der Waals surface area contributed by atoms with Crippen LogP contribution in [-0.2, 0) is 50.5 Å². The zero-order valence-electron chi connectivity index (χ0n) is 34.8. The lowest BCUT2D eigenvalue weighted by molar-refractivity contribution is -0.0642. The Morgan fingerprint density at radius 3 is 1.50 bits per heavy atom. The Bertz CT molecular complexity index is 3140. The summed E-state index contributed by atoms with van der Waals surface area (Å²) in [6.07, 6.45) is -16.1. The fourth-order valence-electron chi connectivity index (χ4n) is 7.71. The Labute approximate surface area is 386 Å². The molecule has 14 N–H and O–H groups in total. The van der Waals surface area contributed by atoms with Crippen LogP contribution in [0.3, 0.4) is 0 Å². The van der Waals surface area contributed by atoms with Gasteiger partial charge < -0.3 is 71.4 Å². The number of aliphatic hydroxyl groups excluding tert-OH is 4. The van der Waals surface area contributed by atoms with Gasteiger partial charge in [-0.3, -0.25) is 36.3 Å². The lowest BCUT2D eigenvalue weighted by Crippen LogP contribution is -2.37. The van der Waals surface area contributed by atoms with Crippen LogP contribution in [0.4, 0.5) is 23.4 Å². The quantitative estimate of drug-likeness (QED) is 0.0194. The number of phosphoric ester groups is 3. The SMILES string of the molecule is [N-]=[N+]=Nc1nc2c(N)ncnc2n1[C@@H]1O[C@H](COP(=O)(O)O[C@@H]2[C@H](O)[C@@H](COP(=O)(O)O[C@@H]3[C@H](O)[C@@H](COP(=O)(O)O)O[C@H]3n3cnc4c(N)ncnc43)O[C@H]2n2cnc3c(N)ncnc32)[C@@H](O)[C@H]1O. The summed E-state index contributed by atoms with van der Waals surface area (Å²) >= 11 is 0. The molecule has 9 rings (SSSR count). The summed E-state index contributed by atoms with van der Waals surface area (Å²) in [7, 11) is -16.0. The summed E-state index contributed by atoms with van der Waals surface area (Å²) in [4.78, 5) is 79.3. The Morgan fingerprint density at radius 2 is 1.03 bits per heavy atom. The molecule has 3 aliphatic heterocycles. The van der Waals surface area contributed by atoms with E-state index in [9.17, 15) is 53.7 Å². The number of rotatable bonds is 17. The zero-order chi connectivity index (χ0) is 50.0. The van der Waals surface area contributed by atoms with Crippen LogP contribution in [0.15, 0.2) is 36.8 Å². The van der Waals surface area contributed by atoms with E-state index in [1.165, 1.54) is 0 Å². The highest BCUT2D eigenvalue weighted by atomic mass is 31.2. The number of hydrogen-bond donors (Lipinski definition) is 11. The molecule has 37 nitrogen and oxygen atoms in total. The average molecular weight is 1050 g/mol. The van der Waals surface area contributed by atoms with E-state index in [1.54, 1.807) is 0 Å². The lowest BCUT2D eigenvalue weighted by atomic mass is 10.1. The molecule has 0 bridgehead atoms. The molecule has 40 heteroatoms. The minimum absolute atomic E-state index is 0.0101. The van der Waals surface area contributed by atoms with E-state index >= 15 is 0 Å². The van der Waals surface area contributed by atoms with E-state index in [2.05, 4.69) is 59.4 Å². The largest absolute Gasteiger partial charge is 0.472 e. The van der Waals surface area contributed by atoms with Gasteiger partial charge in [0.25, 0.3) is 0 Å². The number of hydrogen-bond acceptors (Lipinski definition) is 28. The van der Waals surface area contributed by atoms with Crippen LogP contribution in [0.25, 0.3) is 43.9 Å². The number of ether oxygens (including phenoxy) is 3. The maximum atomic E-state index is 13.7. The molecule has 3 saturated heterocycles. The number of azide groups is 1. The van der Waals surface area contributed by atoms with Gasteiger partial charge >= 0.3 is 23.5 Å². The lowest BCUT2D eigenvalue weighted by Gasteiger charge is -2.25. The molecule has 0 aromatic carbocycles. The van der Waals surface area contributed by atoms with Crippen LogP contribution < -0.4 is 17.2 Å². The number of nitrogen functional groups attached to an aromatic ring is 3. The number of aliphatic hydroxyl groups is 4. The number of imidazole rings is 3. The fourth-order valence-corrected chi connectivity index (χ4v) is 9.92. The monoisotopic (exact) mass is 1050 g/mol. The Hall–Kier alpha value is -5.59. The van der Waals surface area contributed by atoms with Crippen molar-refractivity contribution >= 4 is 80.4 Å². The van der Waals surface area contributed by atoms with Crippen LogP contribution in [0.2, 0.25) is 0 Å². The first-order valence-corrected chi connectivity index (χ1v) is 24.3. The van der Waals surface area contributed by atoms with E-state index in [0.717, 1.165) is 45.3 Å². The summed E-state index contributed by atoms with van der Waals surface area (Å²) in [5, 5.41) is 48.2. The highest BCUT2D eigenvalue weighted by molar-refractivity contribution is 7.47. The number of nitrogens with zero attached hydrogens (tertiary/aromatic N) is 15. The van der Waals surface area contributed by atoms with Gasteiger partial charge in [0.05, 0.1) is 32.5 Å². The molecule has 6 aromatic heterocycles.